The van der Waals surface area contributed by atoms with E-state index in [0.29, 0.717) is 18.4 Å². The minimum atomic E-state index is 0.0774. The molecular formula is C12H19N3O2. The Morgan fingerprint density at radius 3 is 2.82 bits per heavy atom. The number of rotatable bonds is 2. The number of hydrogen-bond donors (Lipinski definition) is 1. The van der Waals surface area contributed by atoms with Gasteiger partial charge in [0.05, 0.1) is 13.2 Å². The zero-order valence-electron chi connectivity index (χ0n) is 10.0. The molecule has 1 atom stereocenters. The molecule has 2 aliphatic rings. The molecule has 17 heavy (non-hydrogen) atoms. The van der Waals surface area contributed by atoms with E-state index in [1.54, 1.807) is 0 Å². The fourth-order valence-electron chi connectivity index (χ4n) is 2.64. The Hall–Kier alpha value is -0.940. The summed E-state index contributed by atoms with van der Waals surface area (Å²) in [6.45, 7) is 2.25. The van der Waals surface area contributed by atoms with Crippen LogP contribution in [0.4, 0.5) is 0 Å². The second-order valence-electron chi connectivity index (χ2n) is 4.91. The summed E-state index contributed by atoms with van der Waals surface area (Å²) >= 11 is 0. The average Bonchev–Trinajstić information content (AvgIpc) is 2.90. The minimum absolute atomic E-state index is 0.0774. The van der Waals surface area contributed by atoms with Crippen molar-refractivity contribution in [1.82, 2.24) is 15.5 Å². The third-order valence-corrected chi connectivity index (χ3v) is 3.65. The standard InChI is InChI=1S/C12H19N3O2/c1-2-4-9(5-3-1)11-14-12(17-15-11)10-8-16-7-6-13-10/h9-10,13H,1-8H2. The van der Waals surface area contributed by atoms with Crippen LogP contribution >= 0.6 is 0 Å². The summed E-state index contributed by atoms with van der Waals surface area (Å²) in [5, 5.41) is 7.46. The summed E-state index contributed by atoms with van der Waals surface area (Å²) in [5.74, 6) is 2.09. The lowest BCUT2D eigenvalue weighted by Crippen LogP contribution is -2.34. The van der Waals surface area contributed by atoms with Crippen LogP contribution in [0.2, 0.25) is 0 Å². The van der Waals surface area contributed by atoms with E-state index in [2.05, 4.69) is 15.5 Å². The Bertz CT molecular complexity index is 322. The van der Waals surface area contributed by atoms with E-state index in [-0.39, 0.29) is 6.04 Å². The number of ether oxygens (including phenoxy) is 1. The zero-order valence-corrected chi connectivity index (χ0v) is 10.0. The molecule has 2 fully saturated rings. The molecule has 1 unspecified atom stereocenters. The van der Waals surface area contributed by atoms with E-state index < -0.39 is 0 Å². The molecule has 1 saturated heterocycles. The van der Waals surface area contributed by atoms with Crippen LogP contribution in [0.15, 0.2) is 4.52 Å². The van der Waals surface area contributed by atoms with Crippen molar-refractivity contribution in [2.45, 2.75) is 44.1 Å². The largest absolute Gasteiger partial charge is 0.378 e. The number of nitrogens with zero attached hydrogens (tertiary/aromatic N) is 2. The molecular weight excluding hydrogens is 218 g/mol. The molecule has 5 heteroatoms. The Morgan fingerprint density at radius 2 is 2.06 bits per heavy atom. The van der Waals surface area contributed by atoms with E-state index in [1.165, 1.54) is 32.1 Å². The third kappa shape index (κ3) is 2.50. The van der Waals surface area contributed by atoms with Crippen LogP contribution < -0.4 is 5.32 Å². The Morgan fingerprint density at radius 1 is 1.18 bits per heavy atom. The first kappa shape index (κ1) is 11.2. The van der Waals surface area contributed by atoms with Crippen LogP contribution in [0.25, 0.3) is 0 Å². The lowest BCUT2D eigenvalue weighted by molar-refractivity contribution is 0.0659. The molecule has 3 rings (SSSR count). The quantitative estimate of drug-likeness (QED) is 0.849. The predicted molar refractivity (Wildman–Crippen MR) is 61.7 cm³/mol. The highest BCUT2D eigenvalue weighted by molar-refractivity contribution is 5.00. The fourth-order valence-corrected chi connectivity index (χ4v) is 2.64. The summed E-state index contributed by atoms with van der Waals surface area (Å²) in [6, 6.07) is 0.0774. The van der Waals surface area contributed by atoms with E-state index in [9.17, 15) is 0 Å². The summed E-state index contributed by atoms with van der Waals surface area (Å²) < 4.78 is 10.8. The first-order valence-corrected chi connectivity index (χ1v) is 6.58. The number of hydrogen-bond acceptors (Lipinski definition) is 5. The van der Waals surface area contributed by atoms with Gasteiger partial charge in [-0.1, -0.05) is 24.4 Å². The summed E-state index contributed by atoms with van der Waals surface area (Å²) in [7, 11) is 0. The van der Waals surface area contributed by atoms with Crippen molar-refractivity contribution in [3.63, 3.8) is 0 Å². The van der Waals surface area contributed by atoms with Gasteiger partial charge in [0, 0.05) is 12.5 Å². The maximum absolute atomic E-state index is 5.40. The molecule has 0 radical (unpaired) electrons. The van der Waals surface area contributed by atoms with Gasteiger partial charge < -0.3 is 14.6 Å². The number of nitrogens with one attached hydrogen (secondary N) is 1. The van der Waals surface area contributed by atoms with Crippen LogP contribution in [-0.2, 0) is 4.74 Å². The lowest BCUT2D eigenvalue weighted by atomic mass is 9.89. The van der Waals surface area contributed by atoms with Gasteiger partial charge >= 0.3 is 0 Å². The molecule has 1 aliphatic heterocycles. The molecule has 0 bridgehead atoms. The monoisotopic (exact) mass is 237 g/mol. The van der Waals surface area contributed by atoms with Crippen LogP contribution in [0.3, 0.4) is 0 Å². The van der Waals surface area contributed by atoms with Crippen molar-refractivity contribution in [2.75, 3.05) is 19.8 Å². The first-order valence-electron chi connectivity index (χ1n) is 6.58. The topological polar surface area (TPSA) is 60.2 Å². The van der Waals surface area contributed by atoms with Gasteiger partial charge in [0.2, 0.25) is 5.89 Å². The minimum Gasteiger partial charge on any atom is -0.378 e. The number of morpholine rings is 1. The predicted octanol–water partition coefficient (Wildman–Crippen LogP) is 1.78. The van der Waals surface area contributed by atoms with E-state index >= 15 is 0 Å². The molecule has 2 heterocycles. The van der Waals surface area contributed by atoms with Crippen molar-refractivity contribution in [2.24, 2.45) is 0 Å². The lowest BCUT2D eigenvalue weighted by Gasteiger charge is -2.20. The fraction of sp³-hybridized carbons (Fsp3) is 0.833. The van der Waals surface area contributed by atoms with E-state index in [1.807, 2.05) is 0 Å². The van der Waals surface area contributed by atoms with Gasteiger partial charge in [0.15, 0.2) is 5.82 Å². The first-order chi connectivity index (χ1) is 8.43. The molecule has 1 aromatic rings. The molecule has 1 aromatic heterocycles. The molecule has 0 amide bonds. The van der Waals surface area contributed by atoms with Gasteiger partial charge in [-0.15, -0.1) is 0 Å². The molecule has 1 N–H and O–H groups in total. The van der Waals surface area contributed by atoms with Gasteiger partial charge in [-0.3, -0.25) is 0 Å². The van der Waals surface area contributed by atoms with Gasteiger partial charge in [0.25, 0.3) is 0 Å². The summed E-state index contributed by atoms with van der Waals surface area (Å²) in [4.78, 5) is 4.54. The molecule has 0 spiro atoms. The number of aromatic nitrogens is 2. The Labute approximate surface area is 101 Å². The van der Waals surface area contributed by atoms with Gasteiger partial charge in [0.1, 0.15) is 6.04 Å². The third-order valence-electron chi connectivity index (χ3n) is 3.65. The maximum Gasteiger partial charge on any atom is 0.246 e. The molecule has 5 nitrogen and oxygen atoms in total. The highest BCUT2D eigenvalue weighted by atomic mass is 16.5. The zero-order chi connectivity index (χ0) is 11.5. The van der Waals surface area contributed by atoms with Crippen molar-refractivity contribution in [3.05, 3.63) is 11.7 Å². The molecule has 94 valence electrons. The Balaban J connectivity index is 1.68. The van der Waals surface area contributed by atoms with E-state index in [4.69, 9.17) is 9.26 Å². The molecule has 1 saturated carbocycles. The summed E-state index contributed by atoms with van der Waals surface area (Å²) in [6.07, 6.45) is 6.33. The highest BCUT2D eigenvalue weighted by Gasteiger charge is 2.25. The van der Waals surface area contributed by atoms with Crippen LogP contribution in [0.1, 0.15) is 55.8 Å². The second kappa shape index (κ2) is 5.14. The van der Waals surface area contributed by atoms with Crippen molar-refractivity contribution < 1.29 is 9.26 Å². The van der Waals surface area contributed by atoms with Crippen molar-refractivity contribution >= 4 is 0 Å². The SMILES string of the molecule is C1CCC(c2noc(C3COCCN3)n2)CC1. The summed E-state index contributed by atoms with van der Waals surface area (Å²) in [5.41, 5.74) is 0. The molecule has 1 aliphatic carbocycles. The second-order valence-corrected chi connectivity index (χ2v) is 4.91. The van der Waals surface area contributed by atoms with Gasteiger partial charge in [-0.05, 0) is 12.8 Å². The van der Waals surface area contributed by atoms with Gasteiger partial charge in [-0.25, -0.2) is 0 Å². The van der Waals surface area contributed by atoms with Crippen LogP contribution in [-0.4, -0.2) is 29.9 Å². The normalized spacial score (nSPS) is 27.2. The van der Waals surface area contributed by atoms with E-state index in [0.717, 1.165) is 19.0 Å². The Kier molecular flexibility index (Phi) is 3.38. The average molecular weight is 237 g/mol. The van der Waals surface area contributed by atoms with Crippen molar-refractivity contribution in [3.8, 4) is 0 Å². The van der Waals surface area contributed by atoms with Crippen LogP contribution in [0.5, 0.6) is 0 Å². The van der Waals surface area contributed by atoms with Gasteiger partial charge in [-0.2, -0.15) is 4.98 Å². The highest BCUT2D eigenvalue weighted by Crippen LogP contribution is 2.31. The van der Waals surface area contributed by atoms with Crippen molar-refractivity contribution in [1.29, 1.82) is 0 Å². The smallest absolute Gasteiger partial charge is 0.246 e. The molecule has 0 aromatic carbocycles. The van der Waals surface area contributed by atoms with Crippen LogP contribution in [0, 0.1) is 0 Å². The maximum atomic E-state index is 5.40.